The summed E-state index contributed by atoms with van der Waals surface area (Å²) in [5.74, 6) is 1.22. The highest BCUT2D eigenvalue weighted by atomic mass is 16.5. The fraction of sp³-hybridized carbons (Fsp3) is 0.267. The van der Waals surface area contributed by atoms with Crippen molar-refractivity contribution in [3.05, 3.63) is 53.2 Å². The number of aromatic nitrogens is 1. The van der Waals surface area contributed by atoms with E-state index in [2.05, 4.69) is 11.1 Å². The summed E-state index contributed by atoms with van der Waals surface area (Å²) in [4.78, 5) is 4.18. The first kappa shape index (κ1) is 12.6. The van der Waals surface area contributed by atoms with Gasteiger partial charge in [-0.15, -0.1) is 0 Å². The van der Waals surface area contributed by atoms with E-state index in [9.17, 15) is 5.11 Å². The van der Waals surface area contributed by atoms with Crippen LogP contribution in [0.1, 0.15) is 29.7 Å². The third kappa shape index (κ3) is 2.68. The van der Waals surface area contributed by atoms with E-state index in [1.807, 2.05) is 32.0 Å². The Hall–Kier alpha value is -1.87. The third-order valence-corrected chi connectivity index (χ3v) is 2.79. The van der Waals surface area contributed by atoms with Gasteiger partial charge in [-0.2, -0.15) is 0 Å². The molecule has 3 heteroatoms. The molecule has 3 nitrogen and oxygen atoms in total. The molecule has 0 fully saturated rings. The zero-order chi connectivity index (χ0) is 13.1. The van der Waals surface area contributed by atoms with E-state index in [0.717, 1.165) is 11.3 Å². The van der Waals surface area contributed by atoms with Gasteiger partial charge in [-0.25, -0.2) is 4.98 Å². The van der Waals surface area contributed by atoms with Crippen LogP contribution in [-0.2, 0) is 0 Å². The molecule has 0 saturated carbocycles. The Morgan fingerprint density at radius 2 is 2.00 bits per heavy atom. The topological polar surface area (TPSA) is 42.4 Å². The van der Waals surface area contributed by atoms with Gasteiger partial charge in [0.25, 0.3) is 0 Å². The van der Waals surface area contributed by atoms with Crippen LogP contribution in [0.5, 0.6) is 11.6 Å². The molecular formula is C15H17NO2. The summed E-state index contributed by atoms with van der Waals surface area (Å²) < 4.78 is 5.79. The monoisotopic (exact) mass is 243 g/mol. The lowest BCUT2D eigenvalue weighted by Crippen LogP contribution is -1.99. The highest BCUT2D eigenvalue weighted by molar-refractivity contribution is 5.40. The van der Waals surface area contributed by atoms with Gasteiger partial charge in [0.2, 0.25) is 5.88 Å². The number of pyridine rings is 1. The lowest BCUT2D eigenvalue weighted by Gasteiger charge is -2.13. The fourth-order valence-corrected chi connectivity index (χ4v) is 1.82. The zero-order valence-corrected chi connectivity index (χ0v) is 10.8. The van der Waals surface area contributed by atoms with E-state index < -0.39 is 6.10 Å². The van der Waals surface area contributed by atoms with Gasteiger partial charge in [0, 0.05) is 11.8 Å². The van der Waals surface area contributed by atoms with Gasteiger partial charge in [-0.05, 0) is 44.5 Å². The summed E-state index contributed by atoms with van der Waals surface area (Å²) in [6.45, 7) is 5.73. The smallest absolute Gasteiger partial charge is 0.225 e. The number of aliphatic hydroxyl groups excluding tert-OH is 1. The molecule has 2 rings (SSSR count). The van der Waals surface area contributed by atoms with Crippen LogP contribution in [0.4, 0.5) is 0 Å². The van der Waals surface area contributed by atoms with Crippen molar-refractivity contribution in [3.63, 3.8) is 0 Å². The molecule has 1 heterocycles. The summed E-state index contributed by atoms with van der Waals surface area (Å²) in [6.07, 6.45) is 1.06. The summed E-state index contributed by atoms with van der Waals surface area (Å²) in [6, 6.07) is 9.58. The van der Waals surface area contributed by atoms with Crippen molar-refractivity contribution in [2.24, 2.45) is 0 Å². The minimum atomic E-state index is -0.598. The SMILES string of the molecule is Cc1ccc(Oc2ncccc2[C@H](C)O)c(C)c1. The molecular weight excluding hydrogens is 226 g/mol. The van der Waals surface area contributed by atoms with Crippen molar-refractivity contribution in [2.45, 2.75) is 26.9 Å². The molecule has 1 aromatic heterocycles. The van der Waals surface area contributed by atoms with Crippen LogP contribution in [0.2, 0.25) is 0 Å². The molecule has 0 amide bonds. The van der Waals surface area contributed by atoms with Crippen molar-refractivity contribution in [1.82, 2.24) is 4.98 Å². The maximum atomic E-state index is 9.68. The Kier molecular flexibility index (Phi) is 3.63. The van der Waals surface area contributed by atoms with Crippen LogP contribution in [0.3, 0.4) is 0 Å². The van der Waals surface area contributed by atoms with Gasteiger partial charge in [-0.3, -0.25) is 0 Å². The second kappa shape index (κ2) is 5.19. The molecule has 0 aliphatic heterocycles. The van der Waals surface area contributed by atoms with Crippen molar-refractivity contribution in [1.29, 1.82) is 0 Å². The van der Waals surface area contributed by atoms with Crippen LogP contribution < -0.4 is 4.74 Å². The number of hydrogen-bond acceptors (Lipinski definition) is 3. The quantitative estimate of drug-likeness (QED) is 0.896. The predicted molar refractivity (Wildman–Crippen MR) is 70.9 cm³/mol. The molecule has 1 aromatic carbocycles. The summed E-state index contributed by atoms with van der Waals surface area (Å²) in [7, 11) is 0. The Bertz CT molecular complexity index is 550. The number of benzene rings is 1. The van der Waals surface area contributed by atoms with E-state index in [1.165, 1.54) is 5.56 Å². The van der Waals surface area contributed by atoms with Gasteiger partial charge in [-0.1, -0.05) is 17.7 Å². The molecule has 0 aliphatic carbocycles. The number of aliphatic hydroxyl groups is 1. The number of ether oxygens (including phenoxy) is 1. The van der Waals surface area contributed by atoms with Crippen molar-refractivity contribution in [2.75, 3.05) is 0 Å². The molecule has 0 saturated heterocycles. The van der Waals surface area contributed by atoms with E-state index in [1.54, 1.807) is 19.2 Å². The maximum Gasteiger partial charge on any atom is 0.225 e. The summed E-state index contributed by atoms with van der Waals surface area (Å²) in [5, 5.41) is 9.68. The average Bonchev–Trinajstić information content (AvgIpc) is 2.33. The third-order valence-electron chi connectivity index (χ3n) is 2.79. The number of aryl methyl sites for hydroxylation is 2. The average molecular weight is 243 g/mol. The highest BCUT2D eigenvalue weighted by Crippen LogP contribution is 2.29. The van der Waals surface area contributed by atoms with Gasteiger partial charge in [0.1, 0.15) is 5.75 Å². The normalized spacial score (nSPS) is 12.2. The van der Waals surface area contributed by atoms with E-state index in [4.69, 9.17) is 4.74 Å². The van der Waals surface area contributed by atoms with E-state index >= 15 is 0 Å². The van der Waals surface area contributed by atoms with Crippen molar-refractivity contribution >= 4 is 0 Å². The van der Waals surface area contributed by atoms with Crippen molar-refractivity contribution < 1.29 is 9.84 Å². The van der Waals surface area contributed by atoms with Crippen LogP contribution in [-0.4, -0.2) is 10.1 Å². The molecule has 0 aliphatic rings. The zero-order valence-electron chi connectivity index (χ0n) is 10.8. The second-order valence-corrected chi connectivity index (χ2v) is 4.44. The number of hydrogen-bond donors (Lipinski definition) is 1. The second-order valence-electron chi connectivity index (χ2n) is 4.44. The number of rotatable bonds is 3. The largest absolute Gasteiger partial charge is 0.438 e. The Labute approximate surface area is 107 Å². The molecule has 0 bridgehead atoms. The minimum Gasteiger partial charge on any atom is -0.438 e. The Morgan fingerprint density at radius 1 is 1.22 bits per heavy atom. The summed E-state index contributed by atoms with van der Waals surface area (Å²) in [5.41, 5.74) is 2.94. The fourth-order valence-electron chi connectivity index (χ4n) is 1.82. The van der Waals surface area contributed by atoms with Crippen LogP contribution >= 0.6 is 0 Å². The standard InChI is InChI=1S/C15H17NO2/c1-10-6-7-14(11(2)9-10)18-15-13(12(3)17)5-4-8-16-15/h4-9,12,17H,1-3H3/t12-/m0/s1. The van der Waals surface area contributed by atoms with Gasteiger partial charge >= 0.3 is 0 Å². The van der Waals surface area contributed by atoms with Crippen LogP contribution in [0.25, 0.3) is 0 Å². The highest BCUT2D eigenvalue weighted by Gasteiger charge is 2.11. The first-order chi connectivity index (χ1) is 8.58. The molecule has 0 spiro atoms. The molecule has 0 unspecified atom stereocenters. The first-order valence-electron chi connectivity index (χ1n) is 5.96. The van der Waals surface area contributed by atoms with Gasteiger partial charge in [0.15, 0.2) is 0 Å². The van der Waals surface area contributed by atoms with Gasteiger partial charge in [0.05, 0.1) is 6.10 Å². The molecule has 2 aromatic rings. The molecule has 0 radical (unpaired) electrons. The lowest BCUT2D eigenvalue weighted by molar-refractivity contribution is 0.194. The minimum absolute atomic E-state index is 0.458. The molecule has 18 heavy (non-hydrogen) atoms. The van der Waals surface area contributed by atoms with Crippen LogP contribution in [0, 0.1) is 13.8 Å². The van der Waals surface area contributed by atoms with Gasteiger partial charge < -0.3 is 9.84 Å². The molecule has 1 N–H and O–H groups in total. The maximum absolute atomic E-state index is 9.68. The Morgan fingerprint density at radius 3 is 2.67 bits per heavy atom. The van der Waals surface area contributed by atoms with Crippen molar-refractivity contribution in [3.8, 4) is 11.6 Å². The Balaban J connectivity index is 2.34. The molecule has 94 valence electrons. The predicted octanol–water partition coefficient (Wildman–Crippen LogP) is 3.54. The van der Waals surface area contributed by atoms with Crippen LogP contribution in [0.15, 0.2) is 36.5 Å². The van der Waals surface area contributed by atoms with E-state index in [0.29, 0.717) is 11.4 Å². The van der Waals surface area contributed by atoms with E-state index in [-0.39, 0.29) is 0 Å². The summed E-state index contributed by atoms with van der Waals surface area (Å²) >= 11 is 0. The lowest BCUT2D eigenvalue weighted by atomic mass is 10.1. The first-order valence-corrected chi connectivity index (χ1v) is 5.96. The molecule has 1 atom stereocenters. The number of nitrogens with zero attached hydrogens (tertiary/aromatic N) is 1.